The molecule has 3 nitrogen and oxygen atoms in total. The lowest BCUT2D eigenvalue weighted by Gasteiger charge is -2.14. The van der Waals surface area contributed by atoms with Gasteiger partial charge in [-0.25, -0.2) is 0 Å². The standard InChI is InChI=1S/C11H14ClNO2/c1-8(7-14)13-11(15)10(12)9-5-3-2-4-6-9/h2-6,8,10,14H,7H2,1H3,(H,13,15)/t8-,10?/m1/s1. The summed E-state index contributed by atoms with van der Waals surface area (Å²) in [6.07, 6.45) is 0. The lowest BCUT2D eigenvalue weighted by molar-refractivity contribution is -0.121. The van der Waals surface area contributed by atoms with Gasteiger partial charge in [-0.3, -0.25) is 4.79 Å². The second-order valence-electron chi connectivity index (χ2n) is 3.37. The van der Waals surface area contributed by atoms with Crippen molar-refractivity contribution in [3.05, 3.63) is 35.9 Å². The minimum absolute atomic E-state index is 0.0931. The van der Waals surface area contributed by atoms with Crippen LogP contribution in [-0.4, -0.2) is 23.7 Å². The van der Waals surface area contributed by atoms with Crippen LogP contribution in [0.25, 0.3) is 0 Å². The van der Waals surface area contributed by atoms with Crippen molar-refractivity contribution in [3.8, 4) is 0 Å². The Morgan fingerprint density at radius 2 is 2.07 bits per heavy atom. The second kappa shape index (κ2) is 5.73. The predicted molar refractivity (Wildman–Crippen MR) is 59.7 cm³/mol. The first kappa shape index (κ1) is 12.0. The summed E-state index contributed by atoms with van der Waals surface area (Å²) in [5.74, 6) is -0.288. The number of amides is 1. The number of benzene rings is 1. The van der Waals surface area contributed by atoms with E-state index < -0.39 is 5.38 Å². The fraction of sp³-hybridized carbons (Fsp3) is 0.364. The van der Waals surface area contributed by atoms with E-state index in [0.717, 1.165) is 5.56 Å². The average Bonchev–Trinajstić information content (AvgIpc) is 2.29. The van der Waals surface area contributed by atoms with Crippen LogP contribution < -0.4 is 5.32 Å². The van der Waals surface area contributed by atoms with Crippen molar-refractivity contribution in [2.75, 3.05) is 6.61 Å². The van der Waals surface area contributed by atoms with Crippen molar-refractivity contribution in [1.82, 2.24) is 5.32 Å². The molecular formula is C11H14ClNO2. The lowest BCUT2D eigenvalue weighted by Crippen LogP contribution is -2.37. The minimum Gasteiger partial charge on any atom is -0.394 e. The first-order chi connectivity index (χ1) is 7.15. The highest BCUT2D eigenvalue weighted by atomic mass is 35.5. The van der Waals surface area contributed by atoms with Crippen LogP contribution in [0.1, 0.15) is 17.9 Å². The van der Waals surface area contributed by atoms with E-state index in [9.17, 15) is 4.79 Å². The summed E-state index contributed by atoms with van der Waals surface area (Å²) < 4.78 is 0. The first-order valence-corrected chi connectivity index (χ1v) is 5.19. The summed E-state index contributed by atoms with van der Waals surface area (Å²) in [6, 6.07) is 8.83. The summed E-state index contributed by atoms with van der Waals surface area (Å²) in [5, 5.41) is 10.7. The molecule has 0 aliphatic heterocycles. The minimum atomic E-state index is -0.708. The van der Waals surface area contributed by atoms with Crippen LogP contribution in [0.4, 0.5) is 0 Å². The van der Waals surface area contributed by atoms with Gasteiger partial charge in [-0.15, -0.1) is 11.6 Å². The van der Waals surface area contributed by atoms with Gasteiger partial charge in [-0.05, 0) is 12.5 Å². The Bertz CT molecular complexity index is 316. The second-order valence-corrected chi connectivity index (χ2v) is 3.80. The molecule has 0 spiro atoms. The topological polar surface area (TPSA) is 49.3 Å². The number of aliphatic hydroxyl groups excluding tert-OH is 1. The molecule has 1 aromatic carbocycles. The fourth-order valence-corrected chi connectivity index (χ4v) is 1.34. The Kier molecular flexibility index (Phi) is 4.59. The highest BCUT2D eigenvalue weighted by Crippen LogP contribution is 2.19. The van der Waals surface area contributed by atoms with E-state index in [2.05, 4.69) is 5.32 Å². The molecular weight excluding hydrogens is 214 g/mol. The van der Waals surface area contributed by atoms with Gasteiger partial charge in [0.25, 0.3) is 0 Å². The largest absolute Gasteiger partial charge is 0.394 e. The molecule has 0 fully saturated rings. The van der Waals surface area contributed by atoms with Gasteiger partial charge in [0, 0.05) is 6.04 Å². The Labute approximate surface area is 94.1 Å². The summed E-state index contributed by atoms with van der Waals surface area (Å²) in [6.45, 7) is 1.62. The SMILES string of the molecule is C[C@H](CO)NC(=O)C(Cl)c1ccccc1. The first-order valence-electron chi connectivity index (χ1n) is 4.75. The molecule has 0 saturated carbocycles. The molecule has 0 radical (unpaired) electrons. The molecule has 2 atom stereocenters. The van der Waals surface area contributed by atoms with Crippen LogP contribution in [0.15, 0.2) is 30.3 Å². The van der Waals surface area contributed by atoms with E-state index in [4.69, 9.17) is 16.7 Å². The van der Waals surface area contributed by atoms with Gasteiger partial charge in [0.1, 0.15) is 5.38 Å². The number of carbonyl (C=O) groups is 1. The highest BCUT2D eigenvalue weighted by Gasteiger charge is 2.18. The summed E-state index contributed by atoms with van der Waals surface area (Å²) in [7, 11) is 0. The zero-order chi connectivity index (χ0) is 11.3. The van der Waals surface area contributed by atoms with Gasteiger partial charge < -0.3 is 10.4 Å². The monoisotopic (exact) mass is 227 g/mol. The number of nitrogens with one attached hydrogen (secondary N) is 1. The van der Waals surface area contributed by atoms with E-state index in [1.54, 1.807) is 19.1 Å². The highest BCUT2D eigenvalue weighted by molar-refractivity contribution is 6.30. The number of aliphatic hydroxyl groups is 1. The van der Waals surface area contributed by atoms with E-state index in [1.807, 2.05) is 18.2 Å². The van der Waals surface area contributed by atoms with Crippen molar-refractivity contribution >= 4 is 17.5 Å². The Balaban J connectivity index is 2.61. The molecule has 0 saturated heterocycles. The van der Waals surface area contributed by atoms with Crippen molar-refractivity contribution < 1.29 is 9.90 Å². The smallest absolute Gasteiger partial charge is 0.242 e. The maximum Gasteiger partial charge on any atom is 0.242 e. The average molecular weight is 228 g/mol. The third-order valence-electron chi connectivity index (χ3n) is 1.98. The van der Waals surface area contributed by atoms with Gasteiger partial charge in [0.05, 0.1) is 6.61 Å². The van der Waals surface area contributed by atoms with Gasteiger partial charge in [-0.2, -0.15) is 0 Å². The Hall–Kier alpha value is -1.06. The van der Waals surface area contributed by atoms with Gasteiger partial charge in [0.2, 0.25) is 5.91 Å². The lowest BCUT2D eigenvalue weighted by atomic mass is 10.1. The van der Waals surface area contributed by atoms with Crippen LogP contribution in [0.2, 0.25) is 0 Å². The van der Waals surface area contributed by atoms with Gasteiger partial charge >= 0.3 is 0 Å². The third-order valence-corrected chi connectivity index (χ3v) is 2.44. The Morgan fingerprint density at radius 1 is 1.47 bits per heavy atom. The zero-order valence-electron chi connectivity index (χ0n) is 8.48. The number of hydrogen-bond acceptors (Lipinski definition) is 2. The molecule has 1 aromatic rings. The molecule has 0 aliphatic rings. The quantitative estimate of drug-likeness (QED) is 0.766. The predicted octanol–water partition coefficient (Wildman–Crippen LogP) is 1.46. The number of halogens is 1. The number of rotatable bonds is 4. The van der Waals surface area contributed by atoms with E-state index in [0.29, 0.717) is 0 Å². The number of alkyl halides is 1. The fourth-order valence-electron chi connectivity index (χ4n) is 1.14. The molecule has 4 heteroatoms. The van der Waals surface area contributed by atoms with Crippen molar-refractivity contribution in [2.45, 2.75) is 18.3 Å². The zero-order valence-corrected chi connectivity index (χ0v) is 9.24. The Morgan fingerprint density at radius 3 is 2.60 bits per heavy atom. The van der Waals surface area contributed by atoms with Gasteiger partial charge in [-0.1, -0.05) is 30.3 Å². The molecule has 0 aromatic heterocycles. The molecule has 82 valence electrons. The molecule has 1 amide bonds. The molecule has 2 N–H and O–H groups in total. The molecule has 0 heterocycles. The van der Waals surface area contributed by atoms with Crippen LogP contribution in [0, 0.1) is 0 Å². The van der Waals surface area contributed by atoms with E-state index >= 15 is 0 Å². The molecule has 1 unspecified atom stereocenters. The summed E-state index contributed by atoms with van der Waals surface area (Å²) in [4.78, 5) is 11.6. The van der Waals surface area contributed by atoms with Gasteiger partial charge in [0.15, 0.2) is 0 Å². The molecule has 0 bridgehead atoms. The summed E-state index contributed by atoms with van der Waals surface area (Å²) in [5.41, 5.74) is 0.752. The van der Waals surface area contributed by atoms with Crippen molar-refractivity contribution in [1.29, 1.82) is 0 Å². The van der Waals surface area contributed by atoms with Crippen LogP contribution in [0.3, 0.4) is 0 Å². The molecule has 1 rings (SSSR count). The number of carbonyl (C=O) groups excluding carboxylic acids is 1. The van der Waals surface area contributed by atoms with Crippen LogP contribution in [-0.2, 0) is 4.79 Å². The normalized spacial score (nSPS) is 14.3. The maximum atomic E-state index is 11.6. The van der Waals surface area contributed by atoms with Crippen LogP contribution in [0.5, 0.6) is 0 Å². The van der Waals surface area contributed by atoms with E-state index in [-0.39, 0.29) is 18.6 Å². The molecule has 0 aliphatic carbocycles. The maximum absolute atomic E-state index is 11.6. The number of hydrogen-bond donors (Lipinski definition) is 2. The molecule has 15 heavy (non-hydrogen) atoms. The van der Waals surface area contributed by atoms with Crippen molar-refractivity contribution in [3.63, 3.8) is 0 Å². The van der Waals surface area contributed by atoms with E-state index in [1.165, 1.54) is 0 Å². The third kappa shape index (κ3) is 3.53. The summed E-state index contributed by atoms with van der Waals surface area (Å²) >= 11 is 5.96. The van der Waals surface area contributed by atoms with Crippen molar-refractivity contribution in [2.24, 2.45) is 0 Å². The van der Waals surface area contributed by atoms with Crippen LogP contribution >= 0.6 is 11.6 Å².